The predicted octanol–water partition coefficient (Wildman–Crippen LogP) is 7.38. The number of benzene rings is 2. The molecule has 3 N–H and O–H groups in total. The summed E-state index contributed by atoms with van der Waals surface area (Å²) in [5, 5.41) is 10.5. The first-order chi connectivity index (χ1) is 23.4. The molecule has 13 heteroatoms. The van der Waals surface area contributed by atoms with Crippen LogP contribution in [0.2, 0.25) is 0 Å². The van der Waals surface area contributed by atoms with E-state index in [1.54, 1.807) is 68.5 Å². The molecule has 4 aromatic rings. The topological polar surface area (TPSA) is 145 Å². The highest BCUT2D eigenvalue weighted by molar-refractivity contribution is 9.10. The molecule has 0 saturated carbocycles. The minimum atomic E-state index is -0.763. The van der Waals surface area contributed by atoms with E-state index in [-0.39, 0.29) is 23.5 Å². The van der Waals surface area contributed by atoms with Crippen LogP contribution in [0, 0.1) is 0 Å². The fourth-order valence-electron chi connectivity index (χ4n) is 5.16. The summed E-state index contributed by atoms with van der Waals surface area (Å²) in [4.78, 5) is 57.6. The summed E-state index contributed by atoms with van der Waals surface area (Å²) in [6.07, 6.45) is 0.892. The summed E-state index contributed by atoms with van der Waals surface area (Å²) < 4.78 is 17.1. The van der Waals surface area contributed by atoms with Crippen molar-refractivity contribution in [1.29, 1.82) is 0 Å². The summed E-state index contributed by atoms with van der Waals surface area (Å²) in [7, 11) is 1.23. The van der Waals surface area contributed by atoms with Crippen molar-refractivity contribution in [3.63, 3.8) is 0 Å². The molecule has 3 heterocycles. The van der Waals surface area contributed by atoms with Crippen LogP contribution in [0.1, 0.15) is 76.6 Å². The summed E-state index contributed by atoms with van der Waals surface area (Å²) in [6, 6.07) is 13.9. The Kier molecular flexibility index (Phi) is 11.0. The van der Waals surface area contributed by atoms with Crippen LogP contribution in [0.5, 0.6) is 5.75 Å². The van der Waals surface area contributed by atoms with Crippen molar-refractivity contribution >= 4 is 56.8 Å². The average Bonchev–Trinajstić information content (AvgIpc) is 3.47. The zero-order valence-electron chi connectivity index (χ0n) is 27.8. The van der Waals surface area contributed by atoms with Crippen LogP contribution in [-0.4, -0.2) is 54.7 Å². The molecule has 1 aliphatic rings. The highest BCUT2D eigenvalue weighted by Crippen LogP contribution is 2.43. The van der Waals surface area contributed by atoms with E-state index < -0.39 is 29.5 Å². The molecular formula is C36H37BrN4O7S. The monoisotopic (exact) mass is 748 g/mol. The van der Waals surface area contributed by atoms with Crippen molar-refractivity contribution < 1.29 is 33.4 Å². The first-order valence-electron chi connectivity index (χ1n) is 15.7. The first kappa shape index (κ1) is 35.6. The molecule has 0 unspecified atom stereocenters. The fraction of sp³-hybridized carbons (Fsp3) is 0.306. The van der Waals surface area contributed by atoms with Gasteiger partial charge in [0.15, 0.2) is 5.69 Å². The number of anilines is 1. The lowest BCUT2D eigenvalue weighted by atomic mass is 9.93. The summed E-state index contributed by atoms with van der Waals surface area (Å²) >= 11 is 5.10. The van der Waals surface area contributed by atoms with Gasteiger partial charge < -0.3 is 30.2 Å². The molecule has 0 saturated heterocycles. The lowest BCUT2D eigenvalue weighted by Crippen LogP contribution is -2.32. The number of hydrogen-bond donors (Lipinski definition) is 3. The van der Waals surface area contributed by atoms with Crippen molar-refractivity contribution in [2.24, 2.45) is 0 Å². The Bertz CT molecular complexity index is 1920. The van der Waals surface area contributed by atoms with Gasteiger partial charge in [-0.2, -0.15) is 0 Å². The van der Waals surface area contributed by atoms with Crippen molar-refractivity contribution in [2.45, 2.75) is 52.7 Å². The maximum Gasteiger partial charge on any atom is 0.407 e. The molecule has 0 aliphatic carbocycles. The molecule has 0 fully saturated rings. The zero-order valence-corrected chi connectivity index (χ0v) is 30.2. The van der Waals surface area contributed by atoms with E-state index in [2.05, 4.69) is 36.9 Å². The molecule has 256 valence electrons. The van der Waals surface area contributed by atoms with Crippen LogP contribution >= 0.6 is 27.3 Å². The number of alkyl carbamates (subject to hydrolysis) is 1. The molecule has 0 atom stereocenters. The van der Waals surface area contributed by atoms with E-state index in [0.717, 1.165) is 28.0 Å². The van der Waals surface area contributed by atoms with Crippen molar-refractivity contribution in [2.75, 3.05) is 25.6 Å². The van der Waals surface area contributed by atoms with Crippen LogP contribution < -0.4 is 20.7 Å². The maximum atomic E-state index is 14.2. The van der Waals surface area contributed by atoms with Crippen LogP contribution in [0.4, 0.5) is 10.5 Å². The number of nitrogens with zero attached hydrogens (tertiary/aromatic N) is 1. The number of fused-ring (bicyclic) bond motifs is 3. The van der Waals surface area contributed by atoms with E-state index in [1.807, 2.05) is 18.4 Å². The summed E-state index contributed by atoms with van der Waals surface area (Å²) in [5.74, 6) is -1.10. The Balaban J connectivity index is 1.54. The van der Waals surface area contributed by atoms with Crippen LogP contribution in [0.25, 0.3) is 21.6 Å². The Labute approximate surface area is 296 Å². The lowest BCUT2D eigenvalue weighted by Gasteiger charge is -2.20. The Hall–Kier alpha value is -4.75. The molecule has 1 aliphatic heterocycles. The number of amides is 3. The molecule has 3 amide bonds. The van der Waals surface area contributed by atoms with Gasteiger partial charge in [0.05, 0.1) is 19.4 Å². The third-order valence-electron chi connectivity index (χ3n) is 7.43. The number of thiophene rings is 1. The van der Waals surface area contributed by atoms with E-state index in [4.69, 9.17) is 14.2 Å². The van der Waals surface area contributed by atoms with E-state index in [9.17, 15) is 19.2 Å². The van der Waals surface area contributed by atoms with Gasteiger partial charge in [-0.1, -0.05) is 13.0 Å². The van der Waals surface area contributed by atoms with Gasteiger partial charge in [-0.05, 0) is 102 Å². The zero-order chi connectivity index (χ0) is 35.3. The number of nitrogens with one attached hydrogen (secondary N) is 3. The number of esters is 1. The van der Waals surface area contributed by atoms with E-state index in [0.29, 0.717) is 46.6 Å². The van der Waals surface area contributed by atoms with Crippen molar-refractivity contribution in [1.82, 2.24) is 15.6 Å². The van der Waals surface area contributed by atoms with Gasteiger partial charge in [0.1, 0.15) is 17.0 Å². The standard InChI is InChI=1S/C36H37BrN4O7S/c1-6-13-38-33(43)28-10-8-22(30(40-28)34(44)46-5)23-18-29-25(31-21(11-14-47-29)12-15-49-31)17-24(23)32(42)41-27-9-7-20(16-26(27)37)19-39-35(45)48-36(2,3)4/h7-10,12,15-18H,6,11,13-14,19H2,1-5H3,(H,38,43)(H,39,45)(H,41,42). The molecule has 11 nitrogen and oxygen atoms in total. The summed E-state index contributed by atoms with van der Waals surface area (Å²) in [6.45, 7) is 8.40. The first-order valence-corrected chi connectivity index (χ1v) is 17.4. The van der Waals surface area contributed by atoms with E-state index in [1.165, 1.54) is 13.2 Å². The van der Waals surface area contributed by atoms with Gasteiger partial charge in [0, 0.05) is 51.1 Å². The number of hydrogen-bond acceptors (Lipinski definition) is 9. The number of halogens is 1. The van der Waals surface area contributed by atoms with Gasteiger partial charge in [0.25, 0.3) is 11.8 Å². The quantitative estimate of drug-likeness (QED) is 0.151. The van der Waals surface area contributed by atoms with Gasteiger partial charge >= 0.3 is 12.1 Å². The number of carbonyl (C=O) groups excluding carboxylic acids is 4. The number of pyridine rings is 1. The Morgan fingerprint density at radius 1 is 0.980 bits per heavy atom. The SMILES string of the molecule is CCCNC(=O)c1ccc(-c2cc3c(cc2C(=O)Nc2ccc(CNC(=O)OC(C)(C)C)cc2Br)-c2sccc2CCO3)c(C(=O)OC)n1. The second-order valence-electron chi connectivity index (χ2n) is 12.2. The molecule has 5 rings (SSSR count). The fourth-order valence-corrected chi connectivity index (χ4v) is 6.66. The Morgan fingerprint density at radius 2 is 1.78 bits per heavy atom. The largest absolute Gasteiger partial charge is 0.493 e. The molecule has 49 heavy (non-hydrogen) atoms. The third-order valence-corrected chi connectivity index (χ3v) is 9.08. The average molecular weight is 750 g/mol. The number of rotatable bonds is 9. The van der Waals surface area contributed by atoms with Crippen LogP contribution in [0.15, 0.2) is 58.4 Å². The van der Waals surface area contributed by atoms with Crippen LogP contribution in [0.3, 0.4) is 0 Å². The molecule has 2 aromatic heterocycles. The van der Waals surface area contributed by atoms with Gasteiger partial charge in [-0.3, -0.25) is 9.59 Å². The number of methoxy groups -OCH3 is 1. The smallest absolute Gasteiger partial charge is 0.407 e. The second kappa shape index (κ2) is 15.2. The van der Waals surface area contributed by atoms with Gasteiger partial charge in [0.2, 0.25) is 0 Å². The molecule has 0 bridgehead atoms. The molecular weight excluding hydrogens is 712 g/mol. The molecule has 0 radical (unpaired) electrons. The van der Waals surface area contributed by atoms with Gasteiger partial charge in [-0.25, -0.2) is 14.6 Å². The minimum Gasteiger partial charge on any atom is -0.493 e. The van der Waals surface area contributed by atoms with Crippen molar-refractivity contribution in [3.8, 4) is 27.3 Å². The normalized spacial score (nSPS) is 12.0. The lowest BCUT2D eigenvalue weighted by molar-refractivity contribution is 0.0522. The molecule has 2 aromatic carbocycles. The number of ether oxygens (including phenoxy) is 3. The number of carbonyl (C=O) groups is 4. The predicted molar refractivity (Wildman–Crippen MR) is 191 cm³/mol. The van der Waals surface area contributed by atoms with E-state index >= 15 is 0 Å². The van der Waals surface area contributed by atoms with Crippen LogP contribution in [-0.2, 0) is 22.4 Å². The highest BCUT2D eigenvalue weighted by atomic mass is 79.9. The minimum absolute atomic E-state index is 0.0445. The second-order valence-corrected chi connectivity index (χ2v) is 14.0. The maximum absolute atomic E-state index is 14.2. The summed E-state index contributed by atoms with van der Waals surface area (Å²) in [5.41, 5.74) is 3.35. The molecule has 0 spiro atoms. The third kappa shape index (κ3) is 8.46. The van der Waals surface area contributed by atoms with Gasteiger partial charge in [-0.15, -0.1) is 11.3 Å². The highest BCUT2D eigenvalue weighted by Gasteiger charge is 2.27. The van der Waals surface area contributed by atoms with Crippen molar-refractivity contribution in [3.05, 3.63) is 86.5 Å². The number of aromatic nitrogens is 1. The Morgan fingerprint density at radius 3 is 2.49 bits per heavy atom.